The zero-order valence-electron chi connectivity index (χ0n) is 13.5. The molecule has 1 atom stereocenters. The van der Waals surface area contributed by atoms with Crippen LogP contribution in [-0.4, -0.2) is 31.9 Å². The molecule has 1 heterocycles. The molecule has 1 rings (SSSR count). The highest BCUT2D eigenvalue weighted by Gasteiger charge is 2.34. The van der Waals surface area contributed by atoms with Gasteiger partial charge in [-0.05, 0) is 27.7 Å². The molecule has 0 radical (unpaired) electrons. The number of esters is 1. The number of nitrogens with two attached hydrogens (primary N) is 1. The molecule has 114 valence electrons. The quantitative estimate of drug-likeness (QED) is 0.852. The van der Waals surface area contributed by atoms with Crippen LogP contribution in [0, 0.1) is 0 Å². The van der Waals surface area contributed by atoms with E-state index in [0.29, 0.717) is 0 Å². The lowest BCUT2D eigenvalue weighted by molar-refractivity contribution is -0.161. The Morgan fingerprint density at radius 1 is 1.25 bits per heavy atom. The predicted octanol–water partition coefficient (Wildman–Crippen LogP) is 1.63. The van der Waals surface area contributed by atoms with E-state index in [2.05, 4.69) is 10.1 Å². The van der Waals surface area contributed by atoms with Crippen molar-refractivity contribution < 1.29 is 9.53 Å². The first-order valence-electron chi connectivity index (χ1n) is 6.73. The summed E-state index contributed by atoms with van der Waals surface area (Å²) in [5, 5.41) is 4.36. The van der Waals surface area contributed by atoms with E-state index in [0.717, 1.165) is 5.82 Å². The predicted molar refractivity (Wildman–Crippen MR) is 77.2 cm³/mol. The molecule has 1 aromatic heterocycles. The number of carbonyl (C=O) groups is 1. The van der Waals surface area contributed by atoms with Gasteiger partial charge in [0.2, 0.25) is 0 Å². The summed E-state index contributed by atoms with van der Waals surface area (Å²) in [6, 6.07) is 0. The van der Waals surface area contributed by atoms with Crippen LogP contribution >= 0.6 is 0 Å². The lowest BCUT2D eigenvalue weighted by Gasteiger charge is -2.28. The van der Waals surface area contributed by atoms with Gasteiger partial charge in [-0.15, -0.1) is 0 Å². The van der Waals surface area contributed by atoms with Gasteiger partial charge in [-0.3, -0.25) is 4.68 Å². The van der Waals surface area contributed by atoms with Crippen molar-refractivity contribution >= 4 is 5.97 Å². The number of rotatable bonds is 3. The molecule has 1 unspecified atom stereocenters. The average molecular weight is 282 g/mol. The van der Waals surface area contributed by atoms with Crippen LogP contribution in [0.5, 0.6) is 0 Å². The van der Waals surface area contributed by atoms with Gasteiger partial charge in [0.15, 0.2) is 5.82 Å². The monoisotopic (exact) mass is 282 g/mol. The Kier molecular flexibility index (Phi) is 4.29. The lowest BCUT2D eigenvalue weighted by atomic mass is 9.96. The van der Waals surface area contributed by atoms with Gasteiger partial charge in [0, 0.05) is 5.41 Å². The summed E-state index contributed by atoms with van der Waals surface area (Å²) in [5.41, 5.74) is 4.22. The van der Waals surface area contributed by atoms with Crippen LogP contribution < -0.4 is 5.73 Å². The van der Waals surface area contributed by atoms with Crippen LogP contribution in [0.1, 0.15) is 54.3 Å². The molecule has 0 saturated carbocycles. The molecule has 0 aliphatic heterocycles. The smallest absolute Gasteiger partial charge is 0.328 e. The molecule has 0 aliphatic rings. The number of hydrogen-bond acceptors (Lipinski definition) is 5. The van der Waals surface area contributed by atoms with Gasteiger partial charge >= 0.3 is 5.97 Å². The molecular formula is C14H26N4O2. The van der Waals surface area contributed by atoms with E-state index < -0.39 is 17.1 Å². The summed E-state index contributed by atoms with van der Waals surface area (Å²) in [6.07, 6.45) is 1.59. The molecule has 1 aromatic rings. The fourth-order valence-electron chi connectivity index (χ4n) is 1.51. The Bertz CT molecular complexity index is 478. The maximum atomic E-state index is 12.1. The highest BCUT2D eigenvalue weighted by atomic mass is 16.6. The molecule has 0 saturated heterocycles. The van der Waals surface area contributed by atoms with Crippen molar-refractivity contribution in [2.75, 3.05) is 0 Å². The first-order chi connectivity index (χ1) is 8.81. The van der Waals surface area contributed by atoms with Gasteiger partial charge in [-0.25, -0.2) is 9.78 Å². The van der Waals surface area contributed by atoms with Crippen LogP contribution in [0.25, 0.3) is 0 Å². The van der Waals surface area contributed by atoms with Crippen molar-refractivity contribution in [3.8, 4) is 0 Å². The van der Waals surface area contributed by atoms with E-state index in [-0.39, 0.29) is 12.0 Å². The second-order valence-electron chi connectivity index (χ2n) is 7.44. The van der Waals surface area contributed by atoms with Crippen molar-refractivity contribution in [2.24, 2.45) is 5.73 Å². The summed E-state index contributed by atoms with van der Waals surface area (Å²) in [5.74, 6) is 0.273. The number of carbonyl (C=O) groups excluding carboxylic acids is 1. The van der Waals surface area contributed by atoms with E-state index in [4.69, 9.17) is 10.5 Å². The molecular weight excluding hydrogens is 256 g/mol. The topological polar surface area (TPSA) is 83.0 Å². The normalized spacial score (nSPS) is 15.8. The van der Waals surface area contributed by atoms with Crippen molar-refractivity contribution in [1.82, 2.24) is 14.8 Å². The third-order valence-electron chi connectivity index (χ3n) is 2.56. The van der Waals surface area contributed by atoms with E-state index in [9.17, 15) is 4.79 Å². The van der Waals surface area contributed by atoms with Gasteiger partial charge < -0.3 is 10.5 Å². The highest BCUT2D eigenvalue weighted by Crippen LogP contribution is 2.18. The number of ether oxygens (including phenoxy) is 1. The van der Waals surface area contributed by atoms with E-state index in [1.807, 2.05) is 41.5 Å². The van der Waals surface area contributed by atoms with Crippen LogP contribution in [0.4, 0.5) is 0 Å². The second kappa shape index (κ2) is 5.16. The van der Waals surface area contributed by atoms with Crippen LogP contribution in [-0.2, 0) is 21.5 Å². The molecule has 0 aliphatic carbocycles. The summed E-state index contributed by atoms with van der Waals surface area (Å²) in [4.78, 5) is 16.3. The Hall–Kier alpha value is -1.43. The summed E-state index contributed by atoms with van der Waals surface area (Å²) < 4.78 is 6.91. The molecule has 0 amide bonds. The van der Waals surface area contributed by atoms with E-state index >= 15 is 0 Å². The minimum absolute atomic E-state index is 0.137. The minimum Gasteiger partial charge on any atom is -0.459 e. The molecule has 0 fully saturated rings. The minimum atomic E-state index is -1.14. The summed E-state index contributed by atoms with van der Waals surface area (Å²) >= 11 is 0. The van der Waals surface area contributed by atoms with Gasteiger partial charge in [-0.2, -0.15) is 5.10 Å². The molecule has 2 N–H and O–H groups in total. The SMILES string of the molecule is CC(C)(C)OC(=O)C(C)(N)Cn1cnc(C(C)(C)C)n1. The van der Waals surface area contributed by atoms with E-state index in [1.54, 1.807) is 17.9 Å². The van der Waals surface area contributed by atoms with Gasteiger partial charge in [0.25, 0.3) is 0 Å². The Balaban J connectivity index is 2.81. The third-order valence-corrected chi connectivity index (χ3v) is 2.56. The lowest BCUT2D eigenvalue weighted by Crippen LogP contribution is -2.51. The fourth-order valence-corrected chi connectivity index (χ4v) is 1.51. The Morgan fingerprint density at radius 2 is 1.80 bits per heavy atom. The molecule has 0 spiro atoms. The van der Waals surface area contributed by atoms with Crippen molar-refractivity contribution in [3.63, 3.8) is 0 Å². The number of aromatic nitrogens is 3. The van der Waals surface area contributed by atoms with E-state index in [1.165, 1.54) is 0 Å². The molecule has 6 heteroatoms. The number of hydrogen-bond donors (Lipinski definition) is 1. The average Bonchev–Trinajstić information content (AvgIpc) is 2.61. The first-order valence-corrected chi connectivity index (χ1v) is 6.73. The molecule has 0 aromatic carbocycles. The van der Waals surface area contributed by atoms with Crippen molar-refractivity contribution in [1.29, 1.82) is 0 Å². The Labute approximate surface area is 120 Å². The Morgan fingerprint density at radius 3 is 2.20 bits per heavy atom. The standard InChI is InChI=1S/C14H26N4O2/c1-12(2,3)10-16-9-18(17-10)8-14(7,15)11(19)20-13(4,5)6/h9H,8,15H2,1-7H3. The van der Waals surface area contributed by atoms with Gasteiger partial charge in [0.05, 0.1) is 6.54 Å². The fraction of sp³-hybridized carbons (Fsp3) is 0.786. The first kappa shape index (κ1) is 16.6. The molecule has 6 nitrogen and oxygen atoms in total. The zero-order valence-corrected chi connectivity index (χ0v) is 13.5. The van der Waals surface area contributed by atoms with Crippen LogP contribution in [0.3, 0.4) is 0 Å². The van der Waals surface area contributed by atoms with Crippen molar-refractivity contribution in [2.45, 2.75) is 71.6 Å². The summed E-state index contributed by atoms with van der Waals surface area (Å²) in [7, 11) is 0. The van der Waals surface area contributed by atoms with Crippen LogP contribution in [0.2, 0.25) is 0 Å². The zero-order chi connectivity index (χ0) is 15.8. The van der Waals surface area contributed by atoms with Crippen molar-refractivity contribution in [3.05, 3.63) is 12.2 Å². The maximum Gasteiger partial charge on any atom is 0.328 e. The third kappa shape index (κ3) is 4.59. The van der Waals surface area contributed by atoms with Gasteiger partial charge in [0.1, 0.15) is 17.5 Å². The maximum absolute atomic E-state index is 12.1. The van der Waals surface area contributed by atoms with Gasteiger partial charge in [-0.1, -0.05) is 20.8 Å². The largest absolute Gasteiger partial charge is 0.459 e. The number of nitrogens with zero attached hydrogens (tertiary/aromatic N) is 3. The molecule has 20 heavy (non-hydrogen) atoms. The molecule has 0 bridgehead atoms. The highest BCUT2D eigenvalue weighted by molar-refractivity contribution is 5.80. The van der Waals surface area contributed by atoms with Crippen LogP contribution in [0.15, 0.2) is 6.33 Å². The second-order valence-corrected chi connectivity index (χ2v) is 7.44. The summed E-state index contributed by atoms with van der Waals surface area (Å²) in [6.45, 7) is 13.4.